The standard InChI is InChI=1S/C17H29NO2/c1-15(2)7-6-12-20-14-17(19)13-18-11-10-16-8-4-3-5-9-16/h3-5,8-9,15,17-19H,6-7,10-14H2,1-2H3. The number of aliphatic hydroxyl groups excluding tert-OH is 1. The van der Waals surface area contributed by atoms with E-state index in [4.69, 9.17) is 4.74 Å². The Morgan fingerprint density at radius 2 is 1.95 bits per heavy atom. The average molecular weight is 279 g/mol. The van der Waals surface area contributed by atoms with Gasteiger partial charge in [0.2, 0.25) is 0 Å². The molecule has 0 fully saturated rings. The van der Waals surface area contributed by atoms with Gasteiger partial charge in [0.15, 0.2) is 0 Å². The molecule has 1 aromatic carbocycles. The molecule has 0 spiro atoms. The highest BCUT2D eigenvalue weighted by atomic mass is 16.5. The van der Waals surface area contributed by atoms with Crippen molar-refractivity contribution >= 4 is 0 Å². The van der Waals surface area contributed by atoms with Crippen molar-refractivity contribution in [1.82, 2.24) is 5.32 Å². The third-order valence-corrected chi connectivity index (χ3v) is 3.19. The Balaban J connectivity index is 1.93. The zero-order chi connectivity index (χ0) is 14.6. The van der Waals surface area contributed by atoms with Gasteiger partial charge in [0.1, 0.15) is 0 Å². The molecule has 0 heterocycles. The first-order chi connectivity index (χ1) is 9.68. The summed E-state index contributed by atoms with van der Waals surface area (Å²) >= 11 is 0. The molecule has 0 aliphatic carbocycles. The van der Waals surface area contributed by atoms with Gasteiger partial charge in [-0.15, -0.1) is 0 Å². The van der Waals surface area contributed by atoms with Crippen molar-refractivity contribution in [3.63, 3.8) is 0 Å². The Morgan fingerprint density at radius 3 is 2.65 bits per heavy atom. The van der Waals surface area contributed by atoms with Gasteiger partial charge in [0.25, 0.3) is 0 Å². The molecule has 0 saturated heterocycles. The second kappa shape index (κ2) is 10.8. The summed E-state index contributed by atoms with van der Waals surface area (Å²) in [5.74, 6) is 0.725. The lowest BCUT2D eigenvalue weighted by Gasteiger charge is -2.13. The lowest BCUT2D eigenvalue weighted by Crippen LogP contribution is -2.31. The molecular weight excluding hydrogens is 250 g/mol. The number of hydrogen-bond acceptors (Lipinski definition) is 3. The maximum absolute atomic E-state index is 9.77. The second-order valence-corrected chi connectivity index (χ2v) is 5.70. The van der Waals surface area contributed by atoms with Gasteiger partial charge in [-0.1, -0.05) is 44.2 Å². The summed E-state index contributed by atoms with van der Waals surface area (Å²) in [6, 6.07) is 10.4. The molecule has 0 amide bonds. The van der Waals surface area contributed by atoms with Crippen molar-refractivity contribution in [3.8, 4) is 0 Å². The van der Waals surface area contributed by atoms with E-state index in [-0.39, 0.29) is 0 Å². The van der Waals surface area contributed by atoms with Gasteiger partial charge in [-0.2, -0.15) is 0 Å². The zero-order valence-corrected chi connectivity index (χ0v) is 12.8. The number of benzene rings is 1. The van der Waals surface area contributed by atoms with E-state index in [0.29, 0.717) is 13.2 Å². The van der Waals surface area contributed by atoms with Gasteiger partial charge >= 0.3 is 0 Å². The Kier molecular flexibility index (Phi) is 9.29. The van der Waals surface area contributed by atoms with Gasteiger partial charge < -0.3 is 15.2 Å². The number of rotatable bonds is 11. The van der Waals surface area contributed by atoms with Crippen molar-refractivity contribution in [1.29, 1.82) is 0 Å². The van der Waals surface area contributed by atoms with Crippen LogP contribution in [0, 0.1) is 5.92 Å². The molecular formula is C17H29NO2. The van der Waals surface area contributed by atoms with Gasteiger partial charge in [0, 0.05) is 13.2 Å². The Hall–Kier alpha value is -0.900. The third-order valence-electron chi connectivity index (χ3n) is 3.19. The highest BCUT2D eigenvalue weighted by Gasteiger charge is 2.03. The lowest BCUT2D eigenvalue weighted by molar-refractivity contribution is 0.0349. The van der Waals surface area contributed by atoms with Crippen molar-refractivity contribution in [2.45, 2.75) is 39.2 Å². The Morgan fingerprint density at radius 1 is 1.20 bits per heavy atom. The molecule has 0 aromatic heterocycles. The molecule has 3 nitrogen and oxygen atoms in total. The Labute approximate surface area is 123 Å². The summed E-state index contributed by atoms with van der Waals surface area (Å²) in [5.41, 5.74) is 1.32. The van der Waals surface area contributed by atoms with Gasteiger partial charge in [-0.05, 0) is 37.3 Å². The maximum Gasteiger partial charge on any atom is 0.0897 e. The van der Waals surface area contributed by atoms with Crippen LogP contribution < -0.4 is 5.32 Å². The predicted octanol–water partition coefficient (Wildman–Crippen LogP) is 2.63. The van der Waals surface area contributed by atoms with E-state index < -0.39 is 6.10 Å². The van der Waals surface area contributed by atoms with E-state index in [1.54, 1.807) is 0 Å². The molecule has 0 radical (unpaired) electrons. The molecule has 0 aliphatic heterocycles. The fourth-order valence-electron chi connectivity index (χ4n) is 2.02. The van der Waals surface area contributed by atoms with Crippen LogP contribution >= 0.6 is 0 Å². The maximum atomic E-state index is 9.77. The van der Waals surface area contributed by atoms with Gasteiger partial charge in [-0.3, -0.25) is 0 Å². The normalized spacial score (nSPS) is 12.8. The highest BCUT2D eigenvalue weighted by Crippen LogP contribution is 2.03. The summed E-state index contributed by atoms with van der Waals surface area (Å²) in [5, 5.41) is 13.0. The van der Waals surface area contributed by atoms with Crippen molar-refractivity contribution in [3.05, 3.63) is 35.9 Å². The van der Waals surface area contributed by atoms with Crippen LogP contribution in [0.15, 0.2) is 30.3 Å². The first-order valence-electron chi connectivity index (χ1n) is 7.69. The van der Waals surface area contributed by atoms with E-state index >= 15 is 0 Å². The fraction of sp³-hybridized carbons (Fsp3) is 0.647. The van der Waals surface area contributed by atoms with E-state index in [0.717, 1.165) is 31.9 Å². The van der Waals surface area contributed by atoms with Crippen LogP contribution in [-0.4, -0.2) is 37.5 Å². The van der Waals surface area contributed by atoms with E-state index in [1.165, 1.54) is 12.0 Å². The minimum Gasteiger partial charge on any atom is -0.389 e. The van der Waals surface area contributed by atoms with Crippen LogP contribution in [0.1, 0.15) is 32.3 Å². The smallest absolute Gasteiger partial charge is 0.0897 e. The molecule has 0 aliphatic rings. The van der Waals surface area contributed by atoms with E-state index in [9.17, 15) is 5.11 Å². The van der Waals surface area contributed by atoms with Gasteiger partial charge in [0.05, 0.1) is 12.7 Å². The van der Waals surface area contributed by atoms with Crippen molar-refractivity contribution in [2.24, 2.45) is 5.92 Å². The molecule has 1 atom stereocenters. The van der Waals surface area contributed by atoms with Crippen molar-refractivity contribution < 1.29 is 9.84 Å². The second-order valence-electron chi connectivity index (χ2n) is 5.70. The predicted molar refractivity (Wildman–Crippen MR) is 83.9 cm³/mol. The fourth-order valence-corrected chi connectivity index (χ4v) is 2.02. The van der Waals surface area contributed by atoms with Crippen molar-refractivity contribution in [2.75, 3.05) is 26.3 Å². The molecule has 2 N–H and O–H groups in total. The van der Waals surface area contributed by atoms with Crippen LogP contribution in [0.4, 0.5) is 0 Å². The molecule has 20 heavy (non-hydrogen) atoms. The number of ether oxygens (including phenoxy) is 1. The topological polar surface area (TPSA) is 41.5 Å². The van der Waals surface area contributed by atoms with Crippen LogP contribution in [-0.2, 0) is 11.2 Å². The summed E-state index contributed by atoms with van der Waals surface area (Å²) in [7, 11) is 0. The molecule has 0 bridgehead atoms. The zero-order valence-electron chi connectivity index (χ0n) is 12.8. The van der Waals surface area contributed by atoms with Crippen LogP contribution in [0.25, 0.3) is 0 Å². The van der Waals surface area contributed by atoms with Gasteiger partial charge in [-0.25, -0.2) is 0 Å². The SMILES string of the molecule is CC(C)CCCOCC(O)CNCCc1ccccc1. The molecule has 1 unspecified atom stereocenters. The summed E-state index contributed by atoms with van der Waals surface area (Å²) in [6.07, 6.45) is 2.84. The van der Waals surface area contributed by atoms with Crippen LogP contribution in [0.3, 0.4) is 0 Å². The number of hydrogen-bond donors (Lipinski definition) is 2. The summed E-state index contributed by atoms with van der Waals surface area (Å²) in [4.78, 5) is 0. The summed E-state index contributed by atoms with van der Waals surface area (Å²) < 4.78 is 5.47. The highest BCUT2D eigenvalue weighted by molar-refractivity contribution is 5.14. The monoisotopic (exact) mass is 279 g/mol. The third kappa shape index (κ3) is 9.08. The molecule has 0 saturated carbocycles. The first kappa shape index (κ1) is 17.2. The molecule has 1 rings (SSSR count). The number of aliphatic hydroxyl groups is 1. The van der Waals surface area contributed by atoms with Crippen LogP contribution in [0.2, 0.25) is 0 Å². The molecule has 3 heteroatoms. The molecule has 114 valence electrons. The van der Waals surface area contributed by atoms with Crippen LogP contribution in [0.5, 0.6) is 0 Å². The summed E-state index contributed by atoms with van der Waals surface area (Å²) in [6.45, 7) is 7.08. The lowest BCUT2D eigenvalue weighted by atomic mass is 10.1. The molecule has 1 aromatic rings. The average Bonchev–Trinajstić information content (AvgIpc) is 2.44. The quantitative estimate of drug-likeness (QED) is 0.612. The van der Waals surface area contributed by atoms with E-state index in [1.807, 2.05) is 6.07 Å². The van der Waals surface area contributed by atoms with E-state index in [2.05, 4.69) is 43.4 Å². The minimum absolute atomic E-state index is 0.412. The first-order valence-corrected chi connectivity index (χ1v) is 7.69. The number of nitrogens with one attached hydrogen (secondary N) is 1. The minimum atomic E-state index is -0.412. The largest absolute Gasteiger partial charge is 0.389 e. The Bertz CT molecular complexity index is 327.